The zero-order valence-corrected chi connectivity index (χ0v) is 21.0. The first-order valence-corrected chi connectivity index (χ1v) is 11.7. The summed E-state index contributed by atoms with van der Waals surface area (Å²) in [6, 6.07) is 10.2. The van der Waals surface area contributed by atoms with Crippen LogP contribution in [0.2, 0.25) is 5.02 Å². The predicted molar refractivity (Wildman–Crippen MR) is 137 cm³/mol. The molecule has 1 aromatic heterocycles. The molecule has 35 heavy (non-hydrogen) atoms. The third-order valence-corrected chi connectivity index (χ3v) is 6.21. The topological polar surface area (TPSA) is 94.6 Å². The normalized spacial score (nSPS) is 12.3. The quantitative estimate of drug-likeness (QED) is 0.392. The molecule has 182 valence electrons. The molecule has 2 amide bonds. The fourth-order valence-corrected chi connectivity index (χ4v) is 4.40. The Hall–Kier alpha value is -3.33. The number of likely N-dealkylation sites (N-methyl/N-ethyl adjacent to an activating group) is 2. The van der Waals surface area contributed by atoms with Crippen LogP contribution in [0.4, 0.5) is 0 Å². The maximum Gasteiger partial charge on any atom is 0.252 e. The third kappa shape index (κ3) is 4.77. The number of rotatable bonds is 8. The fraction of sp³-hybridized carbons (Fsp3) is 0.308. The van der Waals surface area contributed by atoms with E-state index < -0.39 is 0 Å². The van der Waals surface area contributed by atoms with Gasteiger partial charge < -0.3 is 20.4 Å². The average Bonchev–Trinajstić information content (AvgIpc) is 3.09. The highest BCUT2D eigenvalue weighted by Gasteiger charge is 2.37. The molecule has 1 heterocycles. The predicted octanol–water partition coefficient (Wildman–Crippen LogP) is 2.68. The average molecular weight is 494 g/mol. The number of aromatic nitrogens is 1. The number of hydrogen-bond donors (Lipinski definition) is 2. The standard InChI is InChI=1S/C26H28ClN5O3/c1-31(2)13-11-28-25(34)17-9-5-8-16-19(17)23-21(24(16)33)20(26(35)29-12-14-32(3)4)15-7-6-10-18(27)22(15)30-23/h5-10H,11-14H2,1-4H3,(H,28,34)(H,29,35). The number of amides is 2. The fourth-order valence-electron chi connectivity index (χ4n) is 4.18. The summed E-state index contributed by atoms with van der Waals surface area (Å²) < 4.78 is 0. The molecule has 0 radical (unpaired) electrons. The van der Waals surface area contributed by atoms with Crippen LogP contribution in [0.15, 0.2) is 36.4 Å². The molecule has 4 rings (SSSR count). The minimum atomic E-state index is -0.379. The van der Waals surface area contributed by atoms with Gasteiger partial charge in [-0.05, 0) is 40.3 Å². The van der Waals surface area contributed by atoms with Gasteiger partial charge >= 0.3 is 0 Å². The van der Waals surface area contributed by atoms with Crippen LogP contribution in [-0.2, 0) is 0 Å². The zero-order chi connectivity index (χ0) is 25.3. The summed E-state index contributed by atoms with van der Waals surface area (Å²) in [6.45, 7) is 2.17. The highest BCUT2D eigenvalue weighted by molar-refractivity contribution is 6.37. The van der Waals surface area contributed by atoms with E-state index >= 15 is 0 Å². The molecule has 0 saturated carbocycles. The van der Waals surface area contributed by atoms with Gasteiger partial charge in [0.2, 0.25) is 0 Å². The molecule has 0 bridgehead atoms. The van der Waals surface area contributed by atoms with E-state index in [1.807, 2.05) is 38.0 Å². The van der Waals surface area contributed by atoms with Crippen LogP contribution >= 0.6 is 11.6 Å². The second kappa shape index (κ2) is 10.1. The molecule has 1 aliphatic rings. The molecular weight excluding hydrogens is 466 g/mol. The SMILES string of the molecule is CN(C)CCNC(=O)c1cccc2c1-c1nc3c(Cl)cccc3c(C(=O)NCCN(C)C)c1C2=O. The van der Waals surface area contributed by atoms with Crippen molar-refractivity contribution < 1.29 is 14.4 Å². The Labute approximate surface area is 209 Å². The van der Waals surface area contributed by atoms with Crippen molar-refractivity contribution in [2.45, 2.75) is 0 Å². The van der Waals surface area contributed by atoms with Gasteiger partial charge in [0.15, 0.2) is 5.78 Å². The molecule has 2 N–H and O–H groups in total. The Morgan fingerprint density at radius 1 is 0.886 bits per heavy atom. The van der Waals surface area contributed by atoms with Crippen LogP contribution in [-0.4, -0.2) is 86.8 Å². The third-order valence-electron chi connectivity index (χ3n) is 5.90. The summed E-state index contributed by atoms with van der Waals surface area (Å²) in [5, 5.41) is 6.67. The number of para-hydroxylation sites is 1. The van der Waals surface area contributed by atoms with Gasteiger partial charge in [-0.25, -0.2) is 4.98 Å². The van der Waals surface area contributed by atoms with E-state index in [1.54, 1.807) is 36.4 Å². The monoisotopic (exact) mass is 493 g/mol. The summed E-state index contributed by atoms with van der Waals surface area (Å²) >= 11 is 6.48. The summed E-state index contributed by atoms with van der Waals surface area (Å²) in [7, 11) is 7.67. The van der Waals surface area contributed by atoms with E-state index in [2.05, 4.69) is 10.6 Å². The molecule has 0 spiro atoms. The Morgan fingerprint density at radius 2 is 1.51 bits per heavy atom. The van der Waals surface area contributed by atoms with Crippen molar-refractivity contribution in [1.82, 2.24) is 25.4 Å². The number of nitrogens with one attached hydrogen (secondary N) is 2. The Kier molecular flexibility index (Phi) is 7.16. The lowest BCUT2D eigenvalue weighted by molar-refractivity contribution is 0.0939. The first-order valence-electron chi connectivity index (χ1n) is 11.4. The van der Waals surface area contributed by atoms with Crippen molar-refractivity contribution >= 4 is 40.1 Å². The van der Waals surface area contributed by atoms with Gasteiger partial charge in [0.05, 0.1) is 27.4 Å². The second-order valence-electron chi connectivity index (χ2n) is 9.02. The number of halogens is 1. The summed E-state index contributed by atoms with van der Waals surface area (Å²) in [6.07, 6.45) is 0. The number of hydrogen-bond acceptors (Lipinski definition) is 6. The molecule has 0 fully saturated rings. The van der Waals surface area contributed by atoms with Crippen molar-refractivity contribution in [3.8, 4) is 11.3 Å². The van der Waals surface area contributed by atoms with E-state index in [1.165, 1.54) is 0 Å². The number of fused-ring (bicyclic) bond motifs is 4. The lowest BCUT2D eigenvalue weighted by Crippen LogP contribution is -2.32. The summed E-state index contributed by atoms with van der Waals surface area (Å²) in [5.41, 5.74) is 2.26. The summed E-state index contributed by atoms with van der Waals surface area (Å²) in [4.78, 5) is 48.7. The number of ketones is 1. The first-order chi connectivity index (χ1) is 16.7. The zero-order valence-electron chi connectivity index (χ0n) is 20.2. The van der Waals surface area contributed by atoms with Gasteiger partial charge in [-0.1, -0.05) is 35.9 Å². The van der Waals surface area contributed by atoms with Crippen molar-refractivity contribution in [3.05, 3.63) is 63.7 Å². The van der Waals surface area contributed by atoms with E-state index in [-0.39, 0.29) is 28.7 Å². The van der Waals surface area contributed by atoms with Crippen molar-refractivity contribution in [2.75, 3.05) is 54.4 Å². The molecule has 2 aromatic carbocycles. The molecule has 3 aromatic rings. The van der Waals surface area contributed by atoms with Gasteiger partial charge in [0, 0.05) is 48.3 Å². The Morgan fingerprint density at radius 3 is 2.17 bits per heavy atom. The van der Waals surface area contributed by atoms with E-state index in [0.717, 1.165) is 0 Å². The van der Waals surface area contributed by atoms with Crippen molar-refractivity contribution in [1.29, 1.82) is 0 Å². The smallest absolute Gasteiger partial charge is 0.252 e. The number of carbonyl (C=O) groups excluding carboxylic acids is 3. The van der Waals surface area contributed by atoms with Crippen molar-refractivity contribution in [3.63, 3.8) is 0 Å². The van der Waals surface area contributed by atoms with Crippen LogP contribution < -0.4 is 10.6 Å². The largest absolute Gasteiger partial charge is 0.351 e. The lowest BCUT2D eigenvalue weighted by atomic mass is 9.98. The number of pyridine rings is 1. The number of nitrogens with zero attached hydrogens (tertiary/aromatic N) is 3. The number of benzene rings is 2. The minimum absolute atomic E-state index is 0.200. The van der Waals surface area contributed by atoms with Gasteiger partial charge in [-0.2, -0.15) is 0 Å². The molecule has 9 heteroatoms. The van der Waals surface area contributed by atoms with Gasteiger partial charge in [0.25, 0.3) is 11.8 Å². The molecule has 0 atom stereocenters. The van der Waals surface area contributed by atoms with Crippen LogP contribution in [0, 0.1) is 0 Å². The molecule has 0 unspecified atom stereocenters. The van der Waals surface area contributed by atoms with E-state index in [0.29, 0.717) is 64.5 Å². The van der Waals surface area contributed by atoms with Crippen LogP contribution in [0.25, 0.3) is 22.2 Å². The Bertz CT molecular complexity index is 1340. The molecule has 1 aliphatic carbocycles. The van der Waals surface area contributed by atoms with E-state index in [9.17, 15) is 14.4 Å². The molecular formula is C26H28ClN5O3. The molecule has 8 nitrogen and oxygen atoms in total. The summed E-state index contributed by atoms with van der Waals surface area (Å²) in [5.74, 6) is -1.01. The van der Waals surface area contributed by atoms with Crippen LogP contribution in [0.1, 0.15) is 36.6 Å². The van der Waals surface area contributed by atoms with E-state index in [4.69, 9.17) is 16.6 Å². The van der Waals surface area contributed by atoms with Crippen molar-refractivity contribution in [2.24, 2.45) is 0 Å². The second-order valence-corrected chi connectivity index (χ2v) is 9.43. The number of carbonyl (C=O) groups is 3. The van der Waals surface area contributed by atoms with Crippen LogP contribution in [0.5, 0.6) is 0 Å². The van der Waals surface area contributed by atoms with Crippen LogP contribution in [0.3, 0.4) is 0 Å². The van der Waals surface area contributed by atoms with Gasteiger partial charge in [-0.15, -0.1) is 0 Å². The maximum atomic E-state index is 13.6. The molecule has 0 aliphatic heterocycles. The highest BCUT2D eigenvalue weighted by atomic mass is 35.5. The minimum Gasteiger partial charge on any atom is -0.351 e. The lowest BCUT2D eigenvalue weighted by Gasteiger charge is -2.15. The van der Waals surface area contributed by atoms with Gasteiger partial charge in [-0.3, -0.25) is 14.4 Å². The molecule has 0 saturated heterocycles. The Balaban J connectivity index is 1.87. The van der Waals surface area contributed by atoms with Gasteiger partial charge in [0.1, 0.15) is 0 Å². The highest BCUT2D eigenvalue weighted by Crippen LogP contribution is 2.42. The maximum absolute atomic E-state index is 13.6. The first kappa shape index (κ1) is 24.8.